The van der Waals surface area contributed by atoms with Crippen LogP contribution in [0.5, 0.6) is 11.6 Å². The third-order valence-corrected chi connectivity index (χ3v) is 5.62. The number of pyridine rings is 1. The number of para-hydroxylation sites is 1. The van der Waals surface area contributed by atoms with Gasteiger partial charge >= 0.3 is 0 Å². The third-order valence-electron chi connectivity index (χ3n) is 5.62. The Labute approximate surface area is 191 Å². The topological polar surface area (TPSA) is 75.2 Å². The second-order valence-corrected chi connectivity index (χ2v) is 7.79. The lowest BCUT2D eigenvalue weighted by Crippen LogP contribution is -2.01. The molecule has 2 aromatic carbocycles. The molecule has 0 unspecified atom stereocenters. The van der Waals surface area contributed by atoms with Crippen molar-refractivity contribution >= 4 is 11.0 Å². The number of methoxy groups -OCH3 is 1. The Kier molecular flexibility index (Phi) is 5.30. The fraction of sp³-hybridized carbons (Fsp3) is 0.192. The Hall–Kier alpha value is -4.13. The molecule has 0 N–H and O–H groups in total. The second-order valence-electron chi connectivity index (χ2n) is 7.79. The minimum Gasteiger partial charge on any atom is -0.496 e. The molecule has 7 heteroatoms. The Balaban J connectivity index is 1.49. The highest BCUT2D eigenvalue weighted by atomic mass is 16.5. The van der Waals surface area contributed by atoms with Crippen molar-refractivity contribution in [2.24, 2.45) is 7.05 Å². The molecular weight excluding hydrogens is 416 g/mol. The van der Waals surface area contributed by atoms with E-state index in [4.69, 9.17) is 18.9 Å². The Morgan fingerprint density at radius 3 is 2.48 bits per heavy atom. The monoisotopic (exact) mass is 440 g/mol. The number of nitrogens with zero attached hydrogens (tertiary/aromatic N) is 4. The minimum atomic E-state index is 0.230. The summed E-state index contributed by atoms with van der Waals surface area (Å²) in [5.41, 5.74) is 5.33. The second kappa shape index (κ2) is 8.43. The predicted molar refractivity (Wildman–Crippen MR) is 126 cm³/mol. The van der Waals surface area contributed by atoms with Gasteiger partial charge in [0.15, 0.2) is 5.65 Å². The van der Waals surface area contributed by atoms with Crippen LogP contribution in [-0.4, -0.2) is 26.9 Å². The predicted octanol–water partition coefficient (Wildman–Crippen LogP) is 5.49. The number of fused-ring (bicyclic) bond motifs is 1. The van der Waals surface area contributed by atoms with Gasteiger partial charge in [-0.2, -0.15) is 10.1 Å². The molecule has 0 aliphatic rings. The van der Waals surface area contributed by atoms with Crippen LogP contribution < -0.4 is 9.47 Å². The Morgan fingerprint density at radius 2 is 1.70 bits per heavy atom. The number of ether oxygens (including phenoxy) is 2. The van der Waals surface area contributed by atoms with E-state index in [0.29, 0.717) is 29.0 Å². The van der Waals surface area contributed by atoms with Crippen LogP contribution in [0.3, 0.4) is 0 Å². The van der Waals surface area contributed by atoms with Crippen LogP contribution >= 0.6 is 0 Å². The molecular formula is C26H24N4O3. The highest BCUT2D eigenvalue weighted by Gasteiger charge is 2.18. The van der Waals surface area contributed by atoms with Crippen molar-refractivity contribution in [1.82, 2.24) is 19.7 Å². The van der Waals surface area contributed by atoms with Crippen LogP contribution in [0.4, 0.5) is 0 Å². The third kappa shape index (κ3) is 3.82. The molecule has 0 spiro atoms. The molecule has 166 valence electrons. The van der Waals surface area contributed by atoms with Crippen LogP contribution in [0, 0.1) is 13.8 Å². The van der Waals surface area contributed by atoms with E-state index in [0.717, 1.165) is 33.4 Å². The first-order valence-electron chi connectivity index (χ1n) is 10.7. The van der Waals surface area contributed by atoms with Crippen molar-refractivity contribution in [3.05, 3.63) is 77.8 Å². The molecule has 0 fully saturated rings. The molecule has 3 aromatic heterocycles. The van der Waals surface area contributed by atoms with Gasteiger partial charge in [0.05, 0.1) is 23.8 Å². The lowest BCUT2D eigenvalue weighted by Gasteiger charge is -2.09. The average molecular weight is 441 g/mol. The zero-order valence-corrected chi connectivity index (χ0v) is 19.0. The highest BCUT2D eigenvalue weighted by Crippen LogP contribution is 2.34. The normalized spacial score (nSPS) is 11.2. The Bertz CT molecular complexity index is 1440. The van der Waals surface area contributed by atoms with Gasteiger partial charge in [-0.05, 0) is 37.1 Å². The van der Waals surface area contributed by atoms with Crippen LogP contribution in [0.25, 0.3) is 33.6 Å². The quantitative estimate of drug-likeness (QED) is 0.347. The molecule has 7 nitrogen and oxygen atoms in total. The summed E-state index contributed by atoms with van der Waals surface area (Å²) < 4.78 is 19.2. The Morgan fingerprint density at radius 1 is 0.939 bits per heavy atom. The van der Waals surface area contributed by atoms with Crippen molar-refractivity contribution < 1.29 is 13.9 Å². The van der Waals surface area contributed by atoms with Crippen LogP contribution in [-0.2, 0) is 13.7 Å². The molecule has 0 bridgehead atoms. The summed E-state index contributed by atoms with van der Waals surface area (Å²) in [6.07, 6.45) is 0. The lowest BCUT2D eigenvalue weighted by molar-refractivity contribution is 0.288. The molecule has 0 amide bonds. The van der Waals surface area contributed by atoms with E-state index in [1.54, 1.807) is 11.8 Å². The lowest BCUT2D eigenvalue weighted by atomic mass is 10.0. The molecule has 5 rings (SSSR count). The number of oxazole rings is 1. The summed E-state index contributed by atoms with van der Waals surface area (Å²) in [6, 6.07) is 19.8. The van der Waals surface area contributed by atoms with Gasteiger partial charge < -0.3 is 13.9 Å². The number of hydrogen-bond donors (Lipinski definition) is 0. The highest BCUT2D eigenvalue weighted by molar-refractivity contribution is 5.95. The van der Waals surface area contributed by atoms with Gasteiger partial charge in [0.1, 0.15) is 23.8 Å². The zero-order chi connectivity index (χ0) is 22.9. The average Bonchev–Trinajstić information content (AvgIpc) is 3.36. The number of aryl methyl sites for hydroxylation is 3. The van der Waals surface area contributed by atoms with E-state index < -0.39 is 0 Å². The number of benzene rings is 2. The van der Waals surface area contributed by atoms with Gasteiger partial charge in [-0.1, -0.05) is 42.5 Å². The largest absolute Gasteiger partial charge is 0.496 e. The summed E-state index contributed by atoms with van der Waals surface area (Å²) in [5, 5.41) is 5.58. The molecule has 0 aliphatic carbocycles. The van der Waals surface area contributed by atoms with Gasteiger partial charge in [0, 0.05) is 13.1 Å². The fourth-order valence-corrected chi connectivity index (χ4v) is 3.98. The molecule has 3 heterocycles. The first kappa shape index (κ1) is 20.8. The van der Waals surface area contributed by atoms with E-state index >= 15 is 0 Å². The van der Waals surface area contributed by atoms with Crippen molar-refractivity contribution in [2.45, 2.75) is 20.5 Å². The van der Waals surface area contributed by atoms with Crippen LogP contribution in [0.15, 0.2) is 65.1 Å². The van der Waals surface area contributed by atoms with Crippen molar-refractivity contribution in [3.8, 4) is 34.2 Å². The summed E-state index contributed by atoms with van der Waals surface area (Å²) in [4.78, 5) is 9.37. The molecule has 0 radical (unpaired) electrons. The van der Waals surface area contributed by atoms with Crippen LogP contribution in [0.2, 0.25) is 0 Å². The SMILES string of the molecule is COc1ccccc1-c1nc(COc2cc(-c3ccccc3)c3c(C)nn(C)c3n2)c(C)o1. The van der Waals surface area contributed by atoms with E-state index in [-0.39, 0.29) is 6.61 Å². The number of rotatable bonds is 6. The van der Waals surface area contributed by atoms with E-state index in [9.17, 15) is 0 Å². The van der Waals surface area contributed by atoms with Crippen molar-refractivity contribution in [3.63, 3.8) is 0 Å². The number of aromatic nitrogens is 4. The maximum atomic E-state index is 6.11. The first-order chi connectivity index (χ1) is 16.0. The maximum absolute atomic E-state index is 6.11. The molecule has 5 aromatic rings. The van der Waals surface area contributed by atoms with E-state index in [2.05, 4.69) is 22.2 Å². The van der Waals surface area contributed by atoms with Gasteiger partial charge in [0.25, 0.3) is 0 Å². The van der Waals surface area contributed by atoms with Crippen LogP contribution in [0.1, 0.15) is 17.1 Å². The molecule has 0 aliphatic heterocycles. The van der Waals surface area contributed by atoms with Gasteiger partial charge in [0.2, 0.25) is 11.8 Å². The van der Waals surface area contributed by atoms with Crippen molar-refractivity contribution in [2.75, 3.05) is 7.11 Å². The molecule has 0 saturated heterocycles. The summed E-state index contributed by atoms with van der Waals surface area (Å²) in [6.45, 7) is 4.10. The number of hydrogen-bond acceptors (Lipinski definition) is 6. The molecule has 0 atom stereocenters. The summed E-state index contributed by atoms with van der Waals surface area (Å²) >= 11 is 0. The minimum absolute atomic E-state index is 0.230. The van der Waals surface area contributed by atoms with Crippen molar-refractivity contribution in [1.29, 1.82) is 0 Å². The first-order valence-corrected chi connectivity index (χ1v) is 10.7. The standard InChI is InChI=1S/C26H24N4O3/c1-16-24-20(18-10-6-5-7-11-18)14-23(28-25(24)30(3)29-16)32-15-21-17(2)33-26(27-21)19-12-8-9-13-22(19)31-4/h5-14H,15H2,1-4H3. The van der Waals surface area contributed by atoms with E-state index in [1.165, 1.54) is 0 Å². The van der Waals surface area contributed by atoms with Gasteiger partial charge in [-0.25, -0.2) is 4.98 Å². The van der Waals surface area contributed by atoms with E-state index in [1.807, 2.05) is 69.4 Å². The summed E-state index contributed by atoms with van der Waals surface area (Å²) in [7, 11) is 3.52. The fourth-order valence-electron chi connectivity index (χ4n) is 3.98. The maximum Gasteiger partial charge on any atom is 0.230 e. The van der Waals surface area contributed by atoms with Gasteiger partial charge in [-0.15, -0.1) is 0 Å². The summed E-state index contributed by atoms with van der Waals surface area (Å²) in [5.74, 6) is 2.40. The smallest absolute Gasteiger partial charge is 0.230 e. The molecule has 33 heavy (non-hydrogen) atoms. The zero-order valence-electron chi connectivity index (χ0n) is 19.0. The van der Waals surface area contributed by atoms with Gasteiger partial charge in [-0.3, -0.25) is 4.68 Å². The molecule has 0 saturated carbocycles.